The molecule has 0 saturated heterocycles. The van der Waals surface area contributed by atoms with Crippen molar-refractivity contribution in [2.24, 2.45) is 0 Å². The van der Waals surface area contributed by atoms with Gasteiger partial charge >= 0.3 is 0 Å². The molecule has 0 amide bonds. The minimum absolute atomic E-state index is 0.213. The summed E-state index contributed by atoms with van der Waals surface area (Å²) in [5.41, 5.74) is 3.60. The Kier molecular flexibility index (Phi) is 4.15. The van der Waals surface area contributed by atoms with E-state index in [1.807, 2.05) is 12.3 Å². The highest BCUT2D eigenvalue weighted by atomic mass is 79.9. The minimum atomic E-state index is 0.213. The van der Waals surface area contributed by atoms with Gasteiger partial charge < -0.3 is 5.32 Å². The van der Waals surface area contributed by atoms with Crippen LogP contribution in [0.25, 0.3) is 10.9 Å². The summed E-state index contributed by atoms with van der Waals surface area (Å²) in [7, 11) is 0. The summed E-state index contributed by atoms with van der Waals surface area (Å²) in [4.78, 5) is 4.38. The van der Waals surface area contributed by atoms with Gasteiger partial charge in [0.15, 0.2) is 0 Å². The van der Waals surface area contributed by atoms with E-state index in [0.29, 0.717) is 0 Å². The van der Waals surface area contributed by atoms with Gasteiger partial charge in [0, 0.05) is 21.4 Å². The molecule has 0 bridgehead atoms. The van der Waals surface area contributed by atoms with Crippen LogP contribution < -0.4 is 5.32 Å². The van der Waals surface area contributed by atoms with Gasteiger partial charge in [0.25, 0.3) is 0 Å². The molecule has 1 atom stereocenters. The van der Waals surface area contributed by atoms with Crippen molar-refractivity contribution in [1.29, 1.82) is 0 Å². The lowest BCUT2D eigenvalue weighted by Crippen LogP contribution is -2.21. The van der Waals surface area contributed by atoms with E-state index < -0.39 is 0 Å². The van der Waals surface area contributed by atoms with Crippen molar-refractivity contribution < 1.29 is 0 Å². The Hall–Kier alpha value is -1.23. The van der Waals surface area contributed by atoms with Crippen molar-refractivity contribution >= 4 is 38.2 Å². The fourth-order valence-corrected chi connectivity index (χ4v) is 3.93. The molecule has 3 aromatic rings. The molecule has 0 saturated carbocycles. The third-order valence-electron chi connectivity index (χ3n) is 3.32. The standard InChI is InChI=1S/C16H15BrN2S/c1-2-18-16(13-9-20-10-14(13)17)12-5-6-15-11(8-12)4-3-7-19-15/h3-10,16,18H,2H2,1H3. The predicted molar refractivity (Wildman–Crippen MR) is 89.3 cm³/mol. The molecule has 0 aliphatic carbocycles. The lowest BCUT2D eigenvalue weighted by molar-refractivity contribution is 0.631. The van der Waals surface area contributed by atoms with Gasteiger partial charge in [0.2, 0.25) is 0 Å². The molecule has 0 spiro atoms. The average Bonchev–Trinajstić information content (AvgIpc) is 2.90. The molecule has 0 aliphatic heterocycles. The highest BCUT2D eigenvalue weighted by Gasteiger charge is 2.16. The normalized spacial score (nSPS) is 12.7. The van der Waals surface area contributed by atoms with Crippen LogP contribution in [0.5, 0.6) is 0 Å². The topological polar surface area (TPSA) is 24.9 Å². The number of thiophene rings is 1. The quantitative estimate of drug-likeness (QED) is 0.736. The second-order valence-corrected chi connectivity index (χ2v) is 6.22. The summed E-state index contributed by atoms with van der Waals surface area (Å²) in [6, 6.07) is 10.8. The van der Waals surface area contributed by atoms with Crippen LogP contribution in [0.3, 0.4) is 0 Å². The van der Waals surface area contributed by atoms with E-state index in [0.717, 1.165) is 12.1 Å². The Labute approximate surface area is 131 Å². The van der Waals surface area contributed by atoms with Crippen molar-refractivity contribution in [3.05, 3.63) is 62.9 Å². The van der Waals surface area contributed by atoms with Gasteiger partial charge in [-0.15, -0.1) is 0 Å². The van der Waals surface area contributed by atoms with Gasteiger partial charge in [-0.3, -0.25) is 4.98 Å². The van der Waals surface area contributed by atoms with Crippen LogP contribution in [0.2, 0.25) is 0 Å². The van der Waals surface area contributed by atoms with Crippen LogP contribution in [0.15, 0.2) is 51.8 Å². The Morgan fingerprint density at radius 3 is 2.95 bits per heavy atom. The van der Waals surface area contributed by atoms with Gasteiger partial charge in [-0.25, -0.2) is 0 Å². The Morgan fingerprint density at radius 1 is 1.30 bits per heavy atom. The number of hydrogen-bond acceptors (Lipinski definition) is 3. The second-order valence-electron chi connectivity index (χ2n) is 4.62. The molecule has 20 heavy (non-hydrogen) atoms. The average molecular weight is 347 g/mol. The summed E-state index contributed by atoms with van der Waals surface area (Å²) in [6.45, 7) is 3.06. The maximum absolute atomic E-state index is 4.38. The van der Waals surface area contributed by atoms with Crippen LogP contribution in [-0.2, 0) is 0 Å². The number of nitrogens with one attached hydrogen (secondary N) is 1. The Bertz CT molecular complexity index is 723. The van der Waals surface area contributed by atoms with Crippen LogP contribution >= 0.6 is 27.3 Å². The van der Waals surface area contributed by atoms with Crippen molar-refractivity contribution in [2.45, 2.75) is 13.0 Å². The van der Waals surface area contributed by atoms with E-state index in [9.17, 15) is 0 Å². The number of hydrogen-bond donors (Lipinski definition) is 1. The molecule has 2 aromatic heterocycles. The Balaban J connectivity index is 2.07. The molecule has 2 nitrogen and oxygen atoms in total. The first-order valence-electron chi connectivity index (χ1n) is 6.59. The molecule has 4 heteroatoms. The van der Waals surface area contributed by atoms with Gasteiger partial charge in [-0.2, -0.15) is 11.3 Å². The molecular formula is C16H15BrN2S. The van der Waals surface area contributed by atoms with Crippen molar-refractivity contribution in [3.8, 4) is 0 Å². The van der Waals surface area contributed by atoms with Gasteiger partial charge in [-0.1, -0.05) is 19.1 Å². The molecule has 0 aliphatic rings. The van der Waals surface area contributed by atoms with Crippen molar-refractivity contribution in [2.75, 3.05) is 6.54 Å². The summed E-state index contributed by atoms with van der Waals surface area (Å²) in [6.07, 6.45) is 1.83. The van der Waals surface area contributed by atoms with E-state index in [1.165, 1.54) is 21.0 Å². The maximum Gasteiger partial charge on any atom is 0.0702 e. The molecule has 1 unspecified atom stereocenters. The van der Waals surface area contributed by atoms with Crippen LogP contribution in [0, 0.1) is 0 Å². The molecule has 0 radical (unpaired) electrons. The number of aromatic nitrogens is 1. The fourth-order valence-electron chi connectivity index (χ4n) is 2.38. The summed E-state index contributed by atoms with van der Waals surface area (Å²) in [5.74, 6) is 0. The van der Waals surface area contributed by atoms with Gasteiger partial charge in [-0.05, 0) is 57.2 Å². The zero-order chi connectivity index (χ0) is 13.9. The van der Waals surface area contributed by atoms with Crippen LogP contribution in [0.1, 0.15) is 24.1 Å². The van der Waals surface area contributed by atoms with E-state index in [1.54, 1.807) is 11.3 Å². The zero-order valence-electron chi connectivity index (χ0n) is 11.1. The monoisotopic (exact) mass is 346 g/mol. The van der Waals surface area contributed by atoms with E-state index in [-0.39, 0.29) is 6.04 Å². The molecule has 1 N–H and O–H groups in total. The zero-order valence-corrected chi connectivity index (χ0v) is 13.5. The molecular weight excluding hydrogens is 332 g/mol. The number of nitrogens with zero attached hydrogens (tertiary/aromatic N) is 1. The van der Waals surface area contributed by atoms with E-state index >= 15 is 0 Å². The summed E-state index contributed by atoms with van der Waals surface area (Å²) < 4.78 is 1.17. The minimum Gasteiger partial charge on any atom is -0.306 e. The van der Waals surface area contributed by atoms with Crippen molar-refractivity contribution in [3.63, 3.8) is 0 Å². The number of halogens is 1. The molecule has 3 rings (SSSR count). The van der Waals surface area contributed by atoms with E-state index in [2.05, 4.69) is 68.2 Å². The highest BCUT2D eigenvalue weighted by molar-refractivity contribution is 9.10. The fraction of sp³-hybridized carbons (Fsp3) is 0.188. The summed E-state index contributed by atoms with van der Waals surface area (Å²) >= 11 is 5.36. The number of pyridine rings is 1. The molecule has 0 fully saturated rings. The predicted octanol–water partition coefficient (Wildman–Crippen LogP) is 4.76. The third kappa shape index (κ3) is 2.64. The largest absolute Gasteiger partial charge is 0.306 e. The number of fused-ring (bicyclic) bond motifs is 1. The van der Waals surface area contributed by atoms with E-state index in [4.69, 9.17) is 0 Å². The third-order valence-corrected chi connectivity index (χ3v) is 5.07. The highest BCUT2D eigenvalue weighted by Crippen LogP contribution is 2.32. The maximum atomic E-state index is 4.38. The SMILES string of the molecule is CCNC(c1ccc2ncccc2c1)c1cscc1Br. The smallest absolute Gasteiger partial charge is 0.0702 e. The second kappa shape index (κ2) is 6.04. The summed E-state index contributed by atoms with van der Waals surface area (Å²) in [5, 5.41) is 9.07. The lowest BCUT2D eigenvalue weighted by Gasteiger charge is -2.18. The number of rotatable bonds is 4. The lowest BCUT2D eigenvalue weighted by atomic mass is 9.99. The molecule has 2 heterocycles. The first-order chi connectivity index (χ1) is 9.79. The van der Waals surface area contributed by atoms with Crippen LogP contribution in [-0.4, -0.2) is 11.5 Å². The van der Waals surface area contributed by atoms with Gasteiger partial charge in [0.1, 0.15) is 0 Å². The van der Waals surface area contributed by atoms with Crippen molar-refractivity contribution in [1.82, 2.24) is 10.3 Å². The molecule has 102 valence electrons. The van der Waals surface area contributed by atoms with Crippen LogP contribution in [0.4, 0.5) is 0 Å². The molecule has 1 aromatic carbocycles. The first kappa shape index (κ1) is 13.7. The Morgan fingerprint density at radius 2 is 2.20 bits per heavy atom. The van der Waals surface area contributed by atoms with Gasteiger partial charge in [0.05, 0.1) is 11.6 Å². The number of benzene rings is 1. The first-order valence-corrected chi connectivity index (χ1v) is 8.33.